The van der Waals surface area contributed by atoms with Gasteiger partial charge in [0.05, 0.1) is 12.8 Å². The van der Waals surface area contributed by atoms with E-state index >= 15 is 0 Å². The Bertz CT molecular complexity index is 725. The van der Waals surface area contributed by atoms with Gasteiger partial charge >= 0.3 is 5.69 Å². The van der Waals surface area contributed by atoms with E-state index < -0.39 is 47.4 Å². The van der Waals surface area contributed by atoms with E-state index in [1.54, 1.807) is 0 Å². The Morgan fingerprint density at radius 1 is 1.30 bits per heavy atom. The molecule has 2 aliphatic heterocycles. The number of hydrogen-bond acceptors (Lipinski definition) is 6. The Balaban J connectivity index is 1.71. The molecule has 2 saturated heterocycles. The maximum absolute atomic E-state index is 13.5. The summed E-state index contributed by atoms with van der Waals surface area (Å²) < 4.78 is 32.1. The predicted molar refractivity (Wildman–Crippen MR) is 73.2 cm³/mol. The minimum Gasteiger partial charge on any atom is -0.394 e. The highest BCUT2D eigenvalue weighted by Gasteiger charge is 2.59. The van der Waals surface area contributed by atoms with Gasteiger partial charge in [-0.3, -0.25) is 14.3 Å². The van der Waals surface area contributed by atoms with E-state index in [0.29, 0.717) is 0 Å². The molecule has 23 heavy (non-hydrogen) atoms. The van der Waals surface area contributed by atoms with E-state index in [4.69, 9.17) is 14.2 Å². The second-order valence-corrected chi connectivity index (χ2v) is 6.17. The molecule has 0 aromatic carbocycles. The topological polar surface area (TPSA) is 103 Å². The summed E-state index contributed by atoms with van der Waals surface area (Å²) in [5.74, 6) is -1.80. The van der Waals surface area contributed by atoms with Crippen molar-refractivity contribution in [2.24, 2.45) is 0 Å². The molecule has 126 valence electrons. The molecule has 4 atom stereocenters. The first-order valence-electron chi connectivity index (χ1n) is 7.66. The quantitative estimate of drug-likeness (QED) is 0.767. The van der Waals surface area contributed by atoms with Gasteiger partial charge in [0.25, 0.3) is 5.56 Å². The van der Waals surface area contributed by atoms with Crippen molar-refractivity contribution in [1.29, 1.82) is 0 Å². The number of H-pyrrole nitrogens is 1. The number of aliphatic hydroxyl groups excluding tert-OH is 1. The van der Waals surface area contributed by atoms with Crippen molar-refractivity contribution in [2.45, 2.75) is 56.0 Å². The molecule has 1 spiro atoms. The maximum Gasteiger partial charge on any atom is 0.330 e. The first-order chi connectivity index (χ1) is 11.0. The second-order valence-electron chi connectivity index (χ2n) is 6.17. The molecule has 0 bridgehead atoms. The highest BCUT2D eigenvalue weighted by Crippen LogP contribution is 2.48. The molecule has 4 rings (SSSR count). The van der Waals surface area contributed by atoms with Crippen LogP contribution in [-0.2, 0) is 14.2 Å². The molecule has 3 fully saturated rings. The van der Waals surface area contributed by atoms with E-state index in [1.165, 1.54) is 0 Å². The largest absolute Gasteiger partial charge is 0.394 e. The average molecular weight is 328 g/mol. The van der Waals surface area contributed by atoms with Gasteiger partial charge in [-0.25, -0.2) is 4.79 Å². The molecule has 0 radical (unpaired) electrons. The Morgan fingerprint density at radius 3 is 2.70 bits per heavy atom. The van der Waals surface area contributed by atoms with Crippen LogP contribution in [0.25, 0.3) is 0 Å². The van der Waals surface area contributed by atoms with Gasteiger partial charge in [-0.05, 0) is 12.8 Å². The number of halogens is 1. The van der Waals surface area contributed by atoms with Crippen LogP contribution in [0.2, 0.25) is 0 Å². The summed E-state index contributed by atoms with van der Waals surface area (Å²) in [5, 5.41) is 9.50. The lowest BCUT2D eigenvalue weighted by atomic mass is 10.1. The summed E-state index contributed by atoms with van der Waals surface area (Å²) in [6, 6.07) is 0. The lowest BCUT2D eigenvalue weighted by molar-refractivity contribution is -0.216. The number of fused-ring (bicyclic) bond motifs is 1. The van der Waals surface area contributed by atoms with Crippen LogP contribution < -0.4 is 11.2 Å². The SMILES string of the molecule is O=c1[nH]c(=O)n([C@@H]2O[C@H](CO)[C@H]3OC4(CCCC4)O[C@H]32)cc1F. The van der Waals surface area contributed by atoms with Gasteiger partial charge in [-0.1, -0.05) is 0 Å². The number of hydrogen-bond donors (Lipinski definition) is 2. The number of nitrogens with one attached hydrogen (secondary N) is 1. The number of aromatic nitrogens is 2. The van der Waals surface area contributed by atoms with E-state index in [-0.39, 0.29) is 6.61 Å². The third-order valence-corrected chi connectivity index (χ3v) is 4.73. The minimum atomic E-state index is -1.09. The predicted octanol–water partition coefficient (Wildman–Crippen LogP) is -0.380. The van der Waals surface area contributed by atoms with Crippen molar-refractivity contribution in [3.05, 3.63) is 32.9 Å². The second kappa shape index (κ2) is 5.23. The van der Waals surface area contributed by atoms with Gasteiger partial charge in [-0.2, -0.15) is 4.39 Å². The summed E-state index contributed by atoms with van der Waals surface area (Å²) in [5.41, 5.74) is -1.88. The zero-order valence-electron chi connectivity index (χ0n) is 12.2. The van der Waals surface area contributed by atoms with E-state index in [1.807, 2.05) is 4.98 Å². The van der Waals surface area contributed by atoms with Crippen LogP contribution >= 0.6 is 0 Å². The molecule has 0 unspecified atom stereocenters. The molecular weight excluding hydrogens is 311 g/mol. The van der Waals surface area contributed by atoms with Crippen LogP contribution in [0.5, 0.6) is 0 Å². The van der Waals surface area contributed by atoms with E-state index in [0.717, 1.165) is 36.4 Å². The monoisotopic (exact) mass is 328 g/mol. The van der Waals surface area contributed by atoms with Crippen LogP contribution in [0, 0.1) is 5.82 Å². The number of rotatable bonds is 2. The lowest BCUT2D eigenvalue weighted by Gasteiger charge is -2.27. The molecule has 1 aliphatic carbocycles. The van der Waals surface area contributed by atoms with Gasteiger partial charge in [0.1, 0.15) is 18.3 Å². The van der Waals surface area contributed by atoms with Crippen molar-refractivity contribution >= 4 is 0 Å². The van der Waals surface area contributed by atoms with E-state index in [2.05, 4.69) is 0 Å². The van der Waals surface area contributed by atoms with Crippen molar-refractivity contribution in [3.63, 3.8) is 0 Å². The Morgan fingerprint density at radius 2 is 2.00 bits per heavy atom. The van der Waals surface area contributed by atoms with Crippen LogP contribution in [-0.4, -0.2) is 45.4 Å². The zero-order valence-corrected chi connectivity index (χ0v) is 12.2. The van der Waals surface area contributed by atoms with Crippen LogP contribution in [0.1, 0.15) is 31.9 Å². The smallest absolute Gasteiger partial charge is 0.330 e. The van der Waals surface area contributed by atoms with Gasteiger partial charge in [0, 0.05) is 12.8 Å². The van der Waals surface area contributed by atoms with Crippen molar-refractivity contribution < 1.29 is 23.7 Å². The normalized spacial score (nSPS) is 35.0. The fourth-order valence-corrected chi connectivity index (χ4v) is 3.67. The molecule has 9 heteroatoms. The van der Waals surface area contributed by atoms with Crippen molar-refractivity contribution in [1.82, 2.24) is 9.55 Å². The molecule has 8 nitrogen and oxygen atoms in total. The third-order valence-electron chi connectivity index (χ3n) is 4.73. The Hall–Kier alpha value is -1.55. The van der Waals surface area contributed by atoms with Gasteiger partial charge in [0.2, 0.25) is 5.82 Å². The van der Waals surface area contributed by atoms with Crippen LogP contribution in [0.3, 0.4) is 0 Å². The summed E-state index contributed by atoms with van der Waals surface area (Å²) in [4.78, 5) is 25.1. The Kier molecular flexibility index (Phi) is 3.41. The summed E-state index contributed by atoms with van der Waals surface area (Å²) in [7, 11) is 0. The van der Waals surface area contributed by atoms with Crippen molar-refractivity contribution in [3.8, 4) is 0 Å². The molecule has 0 amide bonds. The van der Waals surface area contributed by atoms with Crippen molar-refractivity contribution in [2.75, 3.05) is 6.61 Å². The number of aliphatic hydroxyl groups is 1. The maximum atomic E-state index is 13.5. The van der Waals surface area contributed by atoms with Gasteiger partial charge in [0.15, 0.2) is 12.0 Å². The molecule has 1 saturated carbocycles. The first kappa shape index (κ1) is 15.0. The molecule has 3 aliphatic rings. The highest BCUT2D eigenvalue weighted by molar-refractivity contribution is 5.01. The summed E-state index contributed by atoms with van der Waals surface area (Å²) in [6.07, 6.45) is 1.40. The van der Waals surface area contributed by atoms with Gasteiger partial charge < -0.3 is 19.3 Å². The Labute approximate surface area is 129 Å². The zero-order chi connectivity index (χ0) is 16.2. The van der Waals surface area contributed by atoms with Crippen LogP contribution in [0.4, 0.5) is 4.39 Å². The number of nitrogens with zero attached hydrogens (tertiary/aromatic N) is 1. The molecular formula is C14H17FN2O6. The lowest BCUT2D eigenvalue weighted by Crippen LogP contribution is -2.38. The van der Waals surface area contributed by atoms with Crippen LogP contribution in [0.15, 0.2) is 15.8 Å². The molecule has 1 aromatic heterocycles. The summed E-state index contributed by atoms with van der Waals surface area (Å²) >= 11 is 0. The number of ether oxygens (including phenoxy) is 3. The summed E-state index contributed by atoms with van der Waals surface area (Å²) in [6.45, 7) is -0.308. The van der Waals surface area contributed by atoms with E-state index in [9.17, 15) is 19.1 Å². The molecule has 2 N–H and O–H groups in total. The van der Waals surface area contributed by atoms with Gasteiger partial charge in [-0.15, -0.1) is 0 Å². The first-order valence-corrected chi connectivity index (χ1v) is 7.66. The fraction of sp³-hybridized carbons (Fsp3) is 0.714. The molecule has 3 heterocycles. The molecule has 1 aromatic rings. The third kappa shape index (κ3) is 2.26. The number of aromatic amines is 1. The minimum absolute atomic E-state index is 0.308. The fourth-order valence-electron chi connectivity index (χ4n) is 3.67. The average Bonchev–Trinajstić information content (AvgIpc) is 3.20. The highest BCUT2D eigenvalue weighted by atomic mass is 19.1. The standard InChI is InChI=1S/C14H17FN2O6/c15-7-5-17(13(20)16-11(7)19)12-10-9(8(6-18)21-12)22-14(23-10)3-1-2-4-14/h5,8-10,12,18H,1-4,6H2,(H,16,19,20)/t8-,9-,10-,12-/m1/s1.